The average molecular weight is 621 g/mol. The van der Waals surface area contributed by atoms with Gasteiger partial charge in [0.2, 0.25) is 5.91 Å². The van der Waals surface area contributed by atoms with Gasteiger partial charge in [-0.15, -0.1) is 5.10 Å². The van der Waals surface area contributed by atoms with Crippen molar-refractivity contribution in [3.63, 3.8) is 0 Å². The monoisotopic (exact) mass is 619 g/mol. The van der Waals surface area contributed by atoms with E-state index < -0.39 is 5.82 Å². The summed E-state index contributed by atoms with van der Waals surface area (Å²) in [7, 11) is 0. The molecule has 1 aliphatic carbocycles. The summed E-state index contributed by atoms with van der Waals surface area (Å²) in [6.45, 7) is 0.366. The molecule has 220 valence electrons. The number of rotatable bonds is 8. The van der Waals surface area contributed by atoms with Gasteiger partial charge in [-0.05, 0) is 66.4 Å². The molecule has 0 atom stereocenters. The molecule has 0 unspecified atom stereocenters. The lowest BCUT2D eigenvalue weighted by Crippen LogP contribution is -2.25. The molecule has 2 aromatic carbocycles. The van der Waals surface area contributed by atoms with Crippen molar-refractivity contribution in [3.8, 4) is 28.5 Å². The zero-order valence-corrected chi connectivity index (χ0v) is 24.6. The first-order valence-electron chi connectivity index (χ1n) is 14.0. The number of nitrogens with zero attached hydrogens (tertiary/aromatic N) is 5. The molecule has 1 fully saturated rings. The number of hydrogen-bond acceptors (Lipinski definition) is 7. The Morgan fingerprint density at radius 2 is 1.84 bits per heavy atom. The van der Waals surface area contributed by atoms with E-state index in [-0.39, 0.29) is 35.2 Å². The van der Waals surface area contributed by atoms with Crippen molar-refractivity contribution in [1.82, 2.24) is 30.0 Å². The van der Waals surface area contributed by atoms with E-state index in [1.54, 1.807) is 24.5 Å². The standard InChI is InChI=1S/C31H28Cl2FN7O2/c32-22-8-6-20(15-26(42)37-17-18-10-12-36-13-11-18)25(16-22)41-28(21-7-9-24(34)23(33)14-21)27(30-39-40-31(35)43-30)38-29(41)19-4-2-1-3-5-19/h6-14,16,19H,1-5,15,17H2,(H2,35,40)(H,37,42). The molecule has 1 aliphatic rings. The minimum Gasteiger partial charge on any atom is -0.402 e. The smallest absolute Gasteiger partial charge is 0.313 e. The molecule has 6 rings (SSSR count). The predicted molar refractivity (Wildman–Crippen MR) is 162 cm³/mol. The molecule has 1 saturated carbocycles. The molecule has 0 radical (unpaired) electrons. The zero-order chi connectivity index (χ0) is 29.9. The first kappa shape index (κ1) is 28.8. The summed E-state index contributed by atoms with van der Waals surface area (Å²) < 4.78 is 22.0. The van der Waals surface area contributed by atoms with Gasteiger partial charge in [0.05, 0.1) is 22.8 Å². The summed E-state index contributed by atoms with van der Waals surface area (Å²) in [5, 5.41) is 11.4. The van der Waals surface area contributed by atoms with Crippen LogP contribution >= 0.6 is 23.2 Å². The van der Waals surface area contributed by atoms with Gasteiger partial charge in [-0.25, -0.2) is 9.37 Å². The minimum atomic E-state index is -0.554. The van der Waals surface area contributed by atoms with Crippen molar-refractivity contribution in [2.45, 2.75) is 51.0 Å². The van der Waals surface area contributed by atoms with Crippen LogP contribution in [0, 0.1) is 5.82 Å². The number of imidazole rings is 1. The van der Waals surface area contributed by atoms with Gasteiger partial charge in [0.15, 0.2) is 5.69 Å². The molecule has 1 amide bonds. The third-order valence-electron chi connectivity index (χ3n) is 7.59. The Morgan fingerprint density at radius 3 is 2.56 bits per heavy atom. The fourth-order valence-electron chi connectivity index (χ4n) is 5.54. The van der Waals surface area contributed by atoms with Crippen LogP contribution in [0.4, 0.5) is 10.4 Å². The first-order chi connectivity index (χ1) is 20.9. The summed E-state index contributed by atoms with van der Waals surface area (Å²) in [5.41, 5.74) is 9.62. The number of benzene rings is 2. The average Bonchev–Trinajstić information content (AvgIpc) is 3.63. The molecule has 0 spiro atoms. The zero-order valence-electron chi connectivity index (χ0n) is 23.1. The highest BCUT2D eigenvalue weighted by atomic mass is 35.5. The van der Waals surface area contributed by atoms with Crippen molar-refractivity contribution in [2.24, 2.45) is 0 Å². The summed E-state index contributed by atoms with van der Waals surface area (Å²) >= 11 is 12.9. The van der Waals surface area contributed by atoms with E-state index in [4.69, 9.17) is 38.3 Å². The van der Waals surface area contributed by atoms with E-state index >= 15 is 0 Å². The second-order valence-electron chi connectivity index (χ2n) is 10.5. The number of amides is 1. The van der Waals surface area contributed by atoms with Crippen molar-refractivity contribution >= 4 is 35.1 Å². The lowest BCUT2D eigenvalue weighted by Gasteiger charge is -2.24. The third kappa shape index (κ3) is 6.25. The normalized spacial score (nSPS) is 13.7. The van der Waals surface area contributed by atoms with Crippen molar-refractivity contribution in [3.05, 3.63) is 93.7 Å². The van der Waals surface area contributed by atoms with Crippen molar-refractivity contribution < 1.29 is 13.6 Å². The van der Waals surface area contributed by atoms with Crippen LogP contribution in [0.1, 0.15) is 55.0 Å². The highest BCUT2D eigenvalue weighted by Crippen LogP contribution is 2.42. The molecule has 9 nitrogen and oxygen atoms in total. The Labute approximate surface area is 257 Å². The van der Waals surface area contributed by atoms with Crippen LogP contribution in [0.15, 0.2) is 65.3 Å². The van der Waals surface area contributed by atoms with Crippen LogP contribution in [0.25, 0.3) is 28.5 Å². The van der Waals surface area contributed by atoms with Gasteiger partial charge in [-0.1, -0.05) is 53.6 Å². The van der Waals surface area contributed by atoms with Gasteiger partial charge >= 0.3 is 6.01 Å². The summed E-state index contributed by atoms with van der Waals surface area (Å²) in [5.74, 6) is 0.243. The highest BCUT2D eigenvalue weighted by molar-refractivity contribution is 6.31. The van der Waals surface area contributed by atoms with E-state index in [0.717, 1.165) is 49.1 Å². The van der Waals surface area contributed by atoms with E-state index in [1.165, 1.54) is 12.1 Å². The lowest BCUT2D eigenvalue weighted by atomic mass is 9.88. The van der Waals surface area contributed by atoms with E-state index in [1.807, 2.05) is 28.8 Å². The van der Waals surface area contributed by atoms with Crippen LogP contribution < -0.4 is 11.1 Å². The molecular formula is C31H28Cl2FN7O2. The third-order valence-corrected chi connectivity index (χ3v) is 8.11. The molecule has 3 N–H and O–H groups in total. The molecule has 0 saturated heterocycles. The molecule has 3 aromatic heterocycles. The molecule has 3 heterocycles. The van der Waals surface area contributed by atoms with Gasteiger partial charge in [-0.2, -0.15) is 0 Å². The second kappa shape index (κ2) is 12.5. The van der Waals surface area contributed by atoms with Gasteiger partial charge in [0.25, 0.3) is 5.89 Å². The second-order valence-corrected chi connectivity index (χ2v) is 11.3. The summed E-state index contributed by atoms with van der Waals surface area (Å²) in [4.78, 5) is 22.3. The number of carbonyl (C=O) groups is 1. The molecule has 0 aliphatic heterocycles. The number of nitrogens with two attached hydrogens (primary N) is 1. The van der Waals surface area contributed by atoms with Crippen LogP contribution in [0.2, 0.25) is 10.0 Å². The number of aromatic nitrogens is 5. The number of halogens is 3. The van der Waals surface area contributed by atoms with Crippen molar-refractivity contribution in [2.75, 3.05) is 5.73 Å². The van der Waals surface area contributed by atoms with E-state index in [9.17, 15) is 9.18 Å². The lowest BCUT2D eigenvalue weighted by molar-refractivity contribution is -0.120. The van der Waals surface area contributed by atoms with Crippen LogP contribution in [0.5, 0.6) is 0 Å². The topological polar surface area (TPSA) is 125 Å². The van der Waals surface area contributed by atoms with Crippen molar-refractivity contribution in [1.29, 1.82) is 0 Å². The summed E-state index contributed by atoms with van der Waals surface area (Å²) in [6, 6.07) is 13.4. The maximum atomic E-state index is 14.3. The van der Waals surface area contributed by atoms with Gasteiger partial charge in [0.1, 0.15) is 11.6 Å². The molecule has 12 heteroatoms. The largest absolute Gasteiger partial charge is 0.402 e. The van der Waals surface area contributed by atoms with Crippen LogP contribution in [-0.4, -0.2) is 30.6 Å². The highest BCUT2D eigenvalue weighted by Gasteiger charge is 2.31. The molecule has 43 heavy (non-hydrogen) atoms. The van der Waals surface area contributed by atoms with Crippen LogP contribution in [0.3, 0.4) is 0 Å². The number of nitrogens with one attached hydrogen (secondary N) is 1. The number of carbonyl (C=O) groups excluding carboxylic acids is 1. The fraction of sp³-hybridized carbons (Fsp3) is 0.258. The molecular weight excluding hydrogens is 592 g/mol. The Bertz CT molecular complexity index is 1770. The van der Waals surface area contributed by atoms with Gasteiger partial charge in [-0.3, -0.25) is 14.3 Å². The summed E-state index contributed by atoms with van der Waals surface area (Å²) in [6.07, 6.45) is 8.54. The molecule has 0 bridgehead atoms. The number of pyridine rings is 1. The molecule has 5 aromatic rings. The van der Waals surface area contributed by atoms with E-state index in [2.05, 4.69) is 20.5 Å². The van der Waals surface area contributed by atoms with Gasteiger partial charge in [0, 0.05) is 35.4 Å². The maximum Gasteiger partial charge on any atom is 0.313 e. The van der Waals surface area contributed by atoms with E-state index in [0.29, 0.717) is 34.2 Å². The fourth-order valence-corrected chi connectivity index (χ4v) is 5.88. The SMILES string of the molecule is Nc1nnc(-c2nc(C3CCCCC3)n(-c3cc(Cl)ccc3CC(=O)NCc3ccncc3)c2-c2ccc(F)c(Cl)c2)o1. The Kier molecular flexibility index (Phi) is 8.40. The Hall–Kier alpha value is -4.28. The van der Waals surface area contributed by atoms with Crippen LogP contribution in [-0.2, 0) is 17.8 Å². The predicted octanol–water partition coefficient (Wildman–Crippen LogP) is 6.92. The number of nitrogen functional groups attached to an aromatic ring is 1. The Balaban J connectivity index is 1.52. The van der Waals surface area contributed by atoms with Gasteiger partial charge < -0.3 is 15.5 Å². The first-order valence-corrected chi connectivity index (χ1v) is 14.7. The maximum absolute atomic E-state index is 14.3. The minimum absolute atomic E-state index is 0.0535. The Morgan fingerprint density at radius 1 is 1.05 bits per heavy atom. The number of anilines is 1. The number of hydrogen-bond donors (Lipinski definition) is 2. The quantitative estimate of drug-likeness (QED) is 0.193.